The monoisotopic (exact) mass is 305 g/mol. The molecular formula is C13H24NO5P. The molecule has 0 saturated carbocycles. The van der Waals surface area contributed by atoms with Crippen molar-refractivity contribution < 1.29 is 23.9 Å². The van der Waals surface area contributed by atoms with Crippen LogP contribution in [0, 0.1) is 0 Å². The van der Waals surface area contributed by atoms with Crippen molar-refractivity contribution in [2.75, 3.05) is 0 Å². The maximum absolute atomic E-state index is 12.2. The van der Waals surface area contributed by atoms with Gasteiger partial charge in [0, 0.05) is 12.0 Å². The highest BCUT2D eigenvalue weighted by molar-refractivity contribution is 7.58. The summed E-state index contributed by atoms with van der Waals surface area (Å²) < 4.78 is 11.5. The Morgan fingerprint density at radius 2 is 1.60 bits per heavy atom. The molecule has 0 aromatic carbocycles. The Morgan fingerprint density at radius 1 is 1.15 bits per heavy atom. The minimum atomic E-state index is -4.66. The summed E-state index contributed by atoms with van der Waals surface area (Å²) in [5.74, 6) is -0.911. The summed E-state index contributed by atoms with van der Waals surface area (Å²) in [5.41, 5.74) is -0.426. The maximum Gasteiger partial charge on any atom is 0.361 e. The normalized spacial score (nSPS) is 11.9. The average molecular weight is 305 g/mol. The van der Waals surface area contributed by atoms with Crippen molar-refractivity contribution >= 4 is 19.3 Å². The van der Waals surface area contributed by atoms with Crippen LogP contribution in [0.4, 0.5) is 0 Å². The summed E-state index contributed by atoms with van der Waals surface area (Å²) in [6, 6.07) is 0. The van der Waals surface area contributed by atoms with Crippen molar-refractivity contribution in [1.82, 2.24) is 5.32 Å². The van der Waals surface area contributed by atoms with Crippen LogP contribution < -0.4 is 5.32 Å². The predicted octanol–water partition coefficient (Wildman–Crippen LogP) is 2.11. The fraction of sp³-hybridized carbons (Fsp3) is 0.692. The van der Waals surface area contributed by atoms with Gasteiger partial charge in [-0.15, -0.1) is 0 Å². The van der Waals surface area contributed by atoms with Crippen LogP contribution in [0.5, 0.6) is 0 Å². The van der Waals surface area contributed by atoms with Gasteiger partial charge in [0.2, 0.25) is 0 Å². The maximum atomic E-state index is 12.2. The number of carbonyl (C=O) groups excluding carboxylic acids is 2. The third-order valence-corrected chi connectivity index (χ3v) is 3.94. The number of allylic oxidation sites excluding steroid dienone is 1. The standard InChI is InChI=1S/C13H24NO5P/c1-6-10(7-2)11(20(17,18)19)12(16)14-13(4,5)8-9(3)15/h6-8H2,1-5H3,(H,14,16)(H2,17,18,19). The van der Waals surface area contributed by atoms with Crippen LogP contribution in [0.15, 0.2) is 10.9 Å². The van der Waals surface area contributed by atoms with E-state index < -0.39 is 24.4 Å². The molecule has 6 nitrogen and oxygen atoms in total. The van der Waals surface area contributed by atoms with Gasteiger partial charge in [0.05, 0.1) is 0 Å². The number of ketones is 1. The first kappa shape index (κ1) is 19.0. The Kier molecular flexibility index (Phi) is 6.81. The van der Waals surface area contributed by atoms with E-state index in [-0.39, 0.29) is 12.2 Å². The van der Waals surface area contributed by atoms with Gasteiger partial charge in [-0.05, 0) is 39.2 Å². The predicted molar refractivity (Wildman–Crippen MR) is 77.2 cm³/mol. The van der Waals surface area contributed by atoms with Gasteiger partial charge in [0.25, 0.3) is 5.91 Å². The Labute approximate surface area is 119 Å². The first-order chi connectivity index (χ1) is 8.94. The molecule has 0 aliphatic heterocycles. The highest BCUT2D eigenvalue weighted by atomic mass is 31.2. The molecule has 0 heterocycles. The lowest BCUT2D eigenvalue weighted by atomic mass is 9.98. The number of hydrogen-bond acceptors (Lipinski definition) is 3. The summed E-state index contributed by atoms with van der Waals surface area (Å²) in [4.78, 5) is 42.1. The van der Waals surface area contributed by atoms with E-state index in [1.807, 2.05) is 0 Å². The molecule has 116 valence electrons. The number of nitrogens with one attached hydrogen (secondary N) is 1. The van der Waals surface area contributed by atoms with Crippen molar-refractivity contribution in [2.24, 2.45) is 0 Å². The van der Waals surface area contributed by atoms with E-state index in [2.05, 4.69) is 5.32 Å². The number of amides is 1. The van der Waals surface area contributed by atoms with E-state index in [0.717, 1.165) is 0 Å². The van der Waals surface area contributed by atoms with Crippen molar-refractivity contribution in [2.45, 2.75) is 59.4 Å². The molecule has 7 heteroatoms. The van der Waals surface area contributed by atoms with Gasteiger partial charge < -0.3 is 15.1 Å². The molecule has 0 radical (unpaired) electrons. The molecule has 0 fully saturated rings. The second kappa shape index (κ2) is 7.16. The number of carbonyl (C=O) groups is 2. The summed E-state index contributed by atoms with van der Waals surface area (Å²) >= 11 is 0. The fourth-order valence-electron chi connectivity index (χ4n) is 2.12. The minimum Gasteiger partial charge on any atom is -0.346 e. The summed E-state index contributed by atoms with van der Waals surface area (Å²) in [6.07, 6.45) is 0.871. The first-order valence-electron chi connectivity index (χ1n) is 6.54. The van der Waals surface area contributed by atoms with Crippen LogP contribution in [0.2, 0.25) is 0 Å². The zero-order chi connectivity index (χ0) is 16.1. The van der Waals surface area contributed by atoms with Gasteiger partial charge in [0.1, 0.15) is 11.1 Å². The number of Topliss-reactive ketones (excluding diaryl/α,β-unsaturated/α-hetero) is 1. The lowest BCUT2D eigenvalue weighted by Crippen LogP contribution is -2.45. The lowest BCUT2D eigenvalue weighted by molar-refractivity contribution is -0.120. The van der Waals surface area contributed by atoms with E-state index in [9.17, 15) is 23.9 Å². The molecular weight excluding hydrogens is 281 g/mol. The molecule has 3 N–H and O–H groups in total. The fourth-order valence-corrected chi connectivity index (χ4v) is 3.17. The van der Waals surface area contributed by atoms with Gasteiger partial charge in [-0.25, -0.2) is 0 Å². The molecule has 0 aromatic rings. The van der Waals surface area contributed by atoms with Crippen LogP contribution in [0.1, 0.15) is 53.9 Å². The molecule has 0 unspecified atom stereocenters. The van der Waals surface area contributed by atoms with E-state index in [1.54, 1.807) is 27.7 Å². The molecule has 0 rings (SSSR count). The van der Waals surface area contributed by atoms with E-state index in [1.165, 1.54) is 6.92 Å². The molecule has 0 bridgehead atoms. The molecule has 0 saturated heterocycles. The van der Waals surface area contributed by atoms with Crippen molar-refractivity contribution in [3.05, 3.63) is 10.9 Å². The third kappa shape index (κ3) is 5.99. The Morgan fingerprint density at radius 3 is 1.90 bits per heavy atom. The topological polar surface area (TPSA) is 104 Å². The molecule has 0 spiro atoms. The second-order valence-corrected chi connectivity index (χ2v) is 6.96. The Balaban J connectivity index is 5.46. The van der Waals surface area contributed by atoms with Gasteiger partial charge in [-0.1, -0.05) is 13.8 Å². The van der Waals surface area contributed by atoms with Gasteiger partial charge in [0.15, 0.2) is 0 Å². The van der Waals surface area contributed by atoms with E-state index in [0.29, 0.717) is 18.4 Å². The average Bonchev–Trinajstić information content (AvgIpc) is 2.20. The Bertz CT molecular complexity index is 455. The molecule has 0 aliphatic rings. The van der Waals surface area contributed by atoms with Gasteiger partial charge in [-0.3, -0.25) is 14.2 Å². The second-order valence-electron chi connectivity index (χ2n) is 5.42. The largest absolute Gasteiger partial charge is 0.361 e. The van der Waals surface area contributed by atoms with Crippen LogP contribution in [0.25, 0.3) is 0 Å². The summed E-state index contributed by atoms with van der Waals surface area (Å²) in [7, 11) is -4.66. The lowest BCUT2D eigenvalue weighted by Gasteiger charge is -2.26. The highest BCUT2D eigenvalue weighted by Crippen LogP contribution is 2.48. The van der Waals surface area contributed by atoms with Crippen molar-refractivity contribution in [3.8, 4) is 0 Å². The minimum absolute atomic E-state index is 0.0980. The molecule has 1 amide bonds. The zero-order valence-electron chi connectivity index (χ0n) is 12.7. The summed E-state index contributed by atoms with van der Waals surface area (Å²) in [6.45, 7) is 8.16. The van der Waals surface area contributed by atoms with Crippen molar-refractivity contribution in [3.63, 3.8) is 0 Å². The van der Waals surface area contributed by atoms with Gasteiger partial charge in [-0.2, -0.15) is 0 Å². The van der Waals surface area contributed by atoms with Crippen LogP contribution in [0.3, 0.4) is 0 Å². The van der Waals surface area contributed by atoms with E-state index >= 15 is 0 Å². The molecule has 0 aromatic heterocycles. The van der Waals surface area contributed by atoms with E-state index in [4.69, 9.17) is 0 Å². The third-order valence-electron chi connectivity index (χ3n) is 2.84. The van der Waals surface area contributed by atoms with Crippen LogP contribution in [-0.4, -0.2) is 27.0 Å². The highest BCUT2D eigenvalue weighted by Gasteiger charge is 2.33. The first-order valence-corrected chi connectivity index (χ1v) is 8.16. The number of hydrogen-bond donors (Lipinski definition) is 3. The quantitative estimate of drug-likeness (QED) is 0.493. The molecule has 20 heavy (non-hydrogen) atoms. The number of rotatable bonds is 7. The van der Waals surface area contributed by atoms with Crippen LogP contribution >= 0.6 is 7.60 Å². The SMILES string of the molecule is CCC(CC)=C(C(=O)NC(C)(C)CC(C)=O)P(=O)(O)O. The van der Waals surface area contributed by atoms with Crippen molar-refractivity contribution in [1.29, 1.82) is 0 Å². The molecule has 0 aliphatic carbocycles. The Hall–Kier alpha value is -0.970. The van der Waals surface area contributed by atoms with Crippen LogP contribution in [-0.2, 0) is 14.2 Å². The van der Waals surface area contributed by atoms with Gasteiger partial charge >= 0.3 is 7.60 Å². The smallest absolute Gasteiger partial charge is 0.346 e. The summed E-state index contributed by atoms with van der Waals surface area (Å²) in [5, 5.41) is 2.06. The molecule has 0 atom stereocenters. The zero-order valence-corrected chi connectivity index (χ0v) is 13.6.